The van der Waals surface area contributed by atoms with Crippen molar-refractivity contribution in [3.05, 3.63) is 72.8 Å². The zero-order chi connectivity index (χ0) is 21.8. The number of hydrogen-bond acceptors (Lipinski definition) is 9. The maximum Gasteiger partial charge on any atom is 0.193 e. The second-order valence-electron chi connectivity index (χ2n) is 7.27. The van der Waals surface area contributed by atoms with Crippen LogP contribution in [0.25, 0.3) is 63.1 Å². The van der Waals surface area contributed by atoms with Crippen molar-refractivity contribution in [2.24, 2.45) is 0 Å². The van der Waals surface area contributed by atoms with Crippen LogP contribution in [-0.4, -0.2) is 29.9 Å². The van der Waals surface area contributed by atoms with Gasteiger partial charge in [0.25, 0.3) is 0 Å². The summed E-state index contributed by atoms with van der Waals surface area (Å²) in [5.41, 5.74) is 2.79. The largest absolute Gasteiger partial charge is 0.233 e. The van der Waals surface area contributed by atoms with E-state index in [-0.39, 0.29) is 0 Å². The minimum Gasteiger partial charge on any atom is -0.233 e. The highest BCUT2D eigenvalue weighted by atomic mass is 32.1. The SMILES string of the molecule is c1ccc2sc(-c3nc(-c4nc5ccccc5s4)nc(-c4nc5ccccc5s4)n3)nc2c1. The first-order chi connectivity index (χ1) is 16.3. The Balaban J connectivity index is 1.46. The van der Waals surface area contributed by atoms with E-state index < -0.39 is 0 Å². The van der Waals surface area contributed by atoms with E-state index in [9.17, 15) is 0 Å². The van der Waals surface area contributed by atoms with Crippen LogP contribution in [0.15, 0.2) is 72.8 Å². The molecule has 156 valence electrons. The maximum atomic E-state index is 4.79. The van der Waals surface area contributed by atoms with Gasteiger partial charge in [-0.1, -0.05) is 36.4 Å². The van der Waals surface area contributed by atoms with Crippen molar-refractivity contribution in [1.29, 1.82) is 0 Å². The molecule has 0 aliphatic rings. The molecule has 0 fully saturated rings. The number of fused-ring (bicyclic) bond motifs is 3. The average Bonchev–Trinajstić information content (AvgIpc) is 3.59. The summed E-state index contributed by atoms with van der Waals surface area (Å²) in [4.78, 5) is 28.7. The van der Waals surface area contributed by atoms with E-state index in [2.05, 4.69) is 18.2 Å². The smallest absolute Gasteiger partial charge is 0.193 e. The quantitative estimate of drug-likeness (QED) is 0.280. The number of hydrogen-bond donors (Lipinski definition) is 0. The second-order valence-corrected chi connectivity index (χ2v) is 10.4. The first kappa shape index (κ1) is 18.9. The van der Waals surface area contributed by atoms with Crippen molar-refractivity contribution in [3.63, 3.8) is 0 Å². The summed E-state index contributed by atoms with van der Waals surface area (Å²) in [7, 11) is 0. The fourth-order valence-corrected chi connectivity index (χ4v) is 6.27. The van der Waals surface area contributed by atoms with Crippen LogP contribution < -0.4 is 0 Å². The fraction of sp³-hybridized carbons (Fsp3) is 0. The lowest BCUT2D eigenvalue weighted by Crippen LogP contribution is -1.99. The van der Waals surface area contributed by atoms with Crippen molar-refractivity contribution >= 4 is 64.7 Å². The average molecular weight is 481 g/mol. The van der Waals surface area contributed by atoms with Crippen LogP contribution >= 0.6 is 34.0 Å². The van der Waals surface area contributed by atoms with Gasteiger partial charge < -0.3 is 0 Å². The number of nitrogens with zero attached hydrogens (tertiary/aromatic N) is 6. The summed E-state index contributed by atoms with van der Waals surface area (Å²) >= 11 is 4.71. The van der Waals surface area contributed by atoms with Gasteiger partial charge in [-0.3, -0.25) is 0 Å². The van der Waals surface area contributed by atoms with Crippen molar-refractivity contribution in [2.75, 3.05) is 0 Å². The van der Waals surface area contributed by atoms with Crippen LogP contribution in [0.4, 0.5) is 0 Å². The summed E-state index contributed by atoms with van der Waals surface area (Å²) in [5, 5.41) is 2.26. The minimum absolute atomic E-state index is 0.537. The number of thiazole rings is 3. The van der Waals surface area contributed by atoms with Gasteiger partial charge in [-0.05, 0) is 36.4 Å². The Morgan fingerprint density at radius 2 is 0.667 bits per heavy atom. The Morgan fingerprint density at radius 3 is 0.970 bits per heavy atom. The van der Waals surface area contributed by atoms with Gasteiger partial charge in [-0.2, -0.15) is 0 Å². The molecule has 0 saturated heterocycles. The zero-order valence-corrected chi connectivity index (χ0v) is 19.3. The molecule has 0 atom stereocenters. The van der Waals surface area contributed by atoms with Gasteiger partial charge in [0.15, 0.2) is 32.5 Å². The van der Waals surface area contributed by atoms with Gasteiger partial charge in [0.2, 0.25) is 0 Å². The number of para-hydroxylation sites is 3. The molecule has 7 aromatic rings. The van der Waals surface area contributed by atoms with Gasteiger partial charge >= 0.3 is 0 Å². The molecule has 6 nitrogen and oxygen atoms in total. The Morgan fingerprint density at radius 1 is 0.364 bits per heavy atom. The zero-order valence-electron chi connectivity index (χ0n) is 16.8. The summed E-state index contributed by atoms with van der Waals surface area (Å²) in [6, 6.07) is 24.2. The van der Waals surface area contributed by atoms with Gasteiger partial charge in [-0.25, -0.2) is 29.9 Å². The Labute approximate surface area is 199 Å². The van der Waals surface area contributed by atoms with E-state index in [1.807, 2.05) is 54.6 Å². The van der Waals surface area contributed by atoms with Gasteiger partial charge in [0.05, 0.1) is 30.6 Å². The molecular weight excluding hydrogens is 469 g/mol. The molecule has 0 amide bonds. The van der Waals surface area contributed by atoms with Gasteiger partial charge in [0.1, 0.15) is 0 Å². The van der Waals surface area contributed by atoms with Gasteiger partial charge in [0, 0.05) is 0 Å². The third-order valence-electron chi connectivity index (χ3n) is 5.09. The summed E-state index contributed by atoms with van der Waals surface area (Å²) in [5.74, 6) is 1.61. The third-order valence-corrected chi connectivity index (χ3v) is 8.19. The molecule has 0 spiro atoms. The van der Waals surface area contributed by atoms with E-state index in [4.69, 9.17) is 29.9 Å². The van der Waals surface area contributed by atoms with Crippen molar-refractivity contribution in [1.82, 2.24) is 29.9 Å². The van der Waals surface area contributed by atoms with E-state index in [1.54, 1.807) is 34.0 Å². The van der Waals surface area contributed by atoms with E-state index in [1.165, 1.54) is 0 Å². The minimum atomic E-state index is 0.537. The molecule has 9 heteroatoms. The highest BCUT2D eigenvalue weighted by molar-refractivity contribution is 7.22. The van der Waals surface area contributed by atoms with Crippen LogP contribution in [0, 0.1) is 0 Å². The van der Waals surface area contributed by atoms with Crippen LogP contribution in [0.3, 0.4) is 0 Å². The standard InChI is InChI=1S/C24H12N6S3/c1-4-10-16-13(7-1)25-22(31-16)19-28-20(23-26-14-8-2-5-11-17(14)32-23)30-21(29-19)24-27-15-9-3-6-12-18(15)33-24/h1-12H. The molecule has 4 aromatic heterocycles. The summed E-state index contributed by atoms with van der Waals surface area (Å²) in [6.07, 6.45) is 0. The van der Waals surface area contributed by atoms with Crippen LogP contribution in [0.2, 0.25) is 0 Å². The monoisotopic (exact) mass is 480 g/mol. The molecule has 0 aliphatic carbocycles. The van der Waals surface area contributed by atoms with Crippen LogP contribution in [-0.2, 0) is 0 Å². The molecule has 0 aliphatic heterocycles. The lowest BCUT2D eigenvalue weighted by atomic mass is 10.3. The summed E-state index contributed by atoms with van der Waals surface area (Å²) < 4.78 is 3.28. The normalized spacial score (nSPS) is 11.6. The lowest BCUT2D eigenvalue weighted by Gasteiger charge is -2.02. The fourth-order valence-electron chi connectivity index (χ4n) is 3.57. The number of aromatic nitrogens is 6. The molecule has 0 unspecified atom stereocenters. The van der Waals surface area contributed by atoms with Gasteiger partial charge in [-0.15, -0.1) is 34.0 Å². The molecule has 7 rings (SSSR count). The number of rotatable bonds is 3. The molecule has 0 N–H and O–H groups in total. The Kier molecular flexibility index (Phi) is 4.26. The van der Waals surface area contributed by atoms with Crippen LogP contribution in [0.1, 0.15) is 0 Å². The third kappa shape index (κ3) is 3.29. The summed E-state index contributed by atoms with van der Waals surface area (Å²) in [6.45, 7) is 0. The lowest BCUT2D eigenvalue weighted by molar-refractivity contribution is 1.06. The molecule has 0 radical (unpaired) electrons. The highest BCUT2D eigenvalue weighted by Gasteiger charge is 2.19. The highest BCUT2D eigenvalue weighted by Crippen LogP contribution is 2.34. The van der Waals surface area contributed by atoms with E-state index >= 15 is 0 Å². The Hall–Kier alpha value is -3.66. The molecule has 0 saturated carbocycles. The maximum absolute atomic E-state index is 4.79. The predicted molar refractivity (Wildman–Crippen MR) is 136 cm³/mol. The first-order valence-corrected chi connectivity index (χ1v) is 12.6. The van der Waals surface area contributed by atoms with Crippen molar-refractivity contribution in [3.8, 4) is 32.5 Å². The Bertz CT molecular complexity index is 1480. The predicted octanol–water partition coefficient (Wildman–Crippen LogP) is 6.70. The topological polar surface area (TPSA) is 77.3 Å². The van der Waals surface area contributed by atoms with E-state index in [0.717, 1.165) is 45.7 Å². The molecule has 33 heavy (non-hydrogen) atoms. The van der Waals surface area contributed by atoms with Crippen molar-refractivity contribution < 1.29 is 0 Å². The first-order valence-electron chi connectivity index (χ1n) is 10.1. The van der Waals surface area contributed by atoms with Crippen LogP contribution in [0.5, 0.6) is 0 Å². The van der Waals surface area contributed by atoms with E-state index in [0.29, 0.717) is 17.5 Å². The van der Waals surface area contributed by atoms with Crippen molar-refractivity contribution in [2.45, 2.75) is 0 Å². The molecule has 0 bridgehead atoms. The molecular formula is C24H12N6S3. The number of benzene rings is 3. The molecule has 3 aromatic carbocycles. The molecule has 4 heterocycles. The second kappa shape index (κ2) is 7.45.